The van der Waals surface area contributed by atoms with Crippen LogP contribution in [0.4, 0.5) is 4.39 Å². The van der Waals surface area contributed by atoms with Crippen molar-refractivity contribution < 1.29 is 14.2 Å². The Bertz CT molecular complexity index is 576. The van der Waals surface area contributed by atoms with Crippen LogP contribution in [-0.4, -0.2) is 12.2 Å². The molecule has 0 amide bonds. The van der Waals surface area contributed by atoms with E-state index in [4.69, 9.17) is 4.74 Å². The molecule has 0 aromatic heterocycles. The molecule has 2 aromatic carbocycles. The van der Waals surface area contributed by atoms with Crippen molar-refractivity contribution >= 4 is 0 Å². The lowest BCUT2D eigenvalue weighted by molar-refractivity contribution is 0.229. The highest BCUT2D eigenvalue weighted by Crippen LogP contribution is 2.28. The SMILES string of the molecule is C=C[C@@H](O)c1ccc(-c2cc(OC)ccc2F)cc1. The second-order valence-corrected chi connectivity index (χ2v) is 4.15. The van der Waals surface area contributed by atoms with Crippen LogP contribution < -0.4 is 4.74 Å². The van der Waals surface area contributed by atoms with Crippen LogP contribution in [0.25, 0.3) is 11.1 Å². The number of methoxy groups -OCH3 is 1. The first kappa shape index (κ1) is 13.3. The minimum absolute atomic E-state index is 0.308. The molecular formula is C16H15FO2. The van der Waals surface area contributed by atoms with E-state index in [9.17, 15) is 9.50 Å². The molecule has 0 unspecified atom stereocenters. The maximum absolute atomic E-state index is 13.8. The highest BCUT2D eigenvalue weighted by atomic mass is 19.1. The third-order valence-corrected chi connectivity index (χ3v) is 2.96. The molecule has 98 valence electrons. The summed E-state index contributed by atoms with van der Waals surface area (Å²) < 4.78 is 18.9. The molecule has 0 saturated heterocycles. The van der Waals surface area contributed by atoms with Gasteiger partial charge in [0.05, 0.1) is 13.2 Å². The highest BCUT2D eigenvalue weighted by Gasteiger charge is 2.08. The fourth-order valence-corrected chi connectivity index (χ4v) is 1.85. The number of rotatable bonds is 4. The monoisotopic (exact) mass is 258 g/mol. The van der Waals surface area contributed by atoms with E-state index in [1.807, 2.05) is 0 Å². The van der Waals surface area contributed by atoms with Crippen molar-refractivity contribution in [1.29, 1.82) is 0 Å². The van der Waals surface area contributed by atoms with Gasteiger partial charge in [-0.1, -0.05) is 30.3 Å². The zero-order valence-corrected chi connectivity index (χ0v) is 10.6. The third kappa shape index (κ3) is 2.83. The first-order chi connectivity index (χ1) is 9.15. The van der Waals surface area contributed by atoms with Gasteiger partial charge in [0.25, 0.3) is 0 Å². The summed E-state index contributed by atoms with van der Waals surface area (Å²) in [5, 5.41) is 9.62. The van der Waals surface area contributed by atoms with Gasteiger partial charge in [-0.05, 0) is 29.3 Å². The Hall–Kier alpha value is -2.13. The molecule has 1 atom stereocenters. The van der Waals surface area contributed by atoms with E-state index in [-0.39, 0.29) is 5.82 Å². The molecule has 2 nitrogen and oxygen atoms in total. The summed E-state index contributed by atoms with van der Waals surface area (Å²) in [6, 6.07) is 11.6. The number of halogens is 1. The molecule has 0 radical (unpaired) electrons. The van der Waals surface area contributed by atoms with Crippen molar-refractivity contribution in [3.05, 3.63) is 66.5 Å². The van der Waals surface area contributed by atoms with Crippen LogP contribution in [0, 0.1) is 5.82 Å². The number of aliphatic hydroxyl groups excluding tert-OH is 1. The largest absolute Gasteiger partial charge is 0.497 e. The molecule has 0 aliphatic heterocycles. The molecule has 0 bridgehead atoms. The Kier molecular flexibility index (Phi) is 3.97. The van der Waals surface area contributed by atoms with E-state index in [0.29, 0.717) is 11.3 Å². The van der Waals surface area contributed by atoms with Crippen molar-refractivity contribution in [3.63, 3.8) is 0 Å². The predicted octanol–water partition coefficient (Wildman–Crippen LogP) is 3.72. The maximum Gasteiger partial charge on any atom is 0.131 e. The van der Waals surface area contributed by atoms with Crippen LogP contribution >= 0.6 is 0 Å². The molecule has 0 saturated carbocycles. The van der Waals surface area contributed by atoms with Gasteiger partial charge >= 0.3 is 0 Å². The zero-order chi connectivity index (χ0) is 13.8. The summed E-state index contributed by atoms with van der Waals surface area (Å²) in [5.74, 6) is 0.296. The van der Waals surface area contributed by atoms with Gasteiger partial charge in [-0.25, -0.2) is 4.39 Å². The number of aliphatic hydroxyl groups is 1. The van der Waals surface area contributed by atoms with Crippen LogP contribution in [0.1, 0.15) is 11.7 Å². The van der Waals surface area contributed by atoms with Gasteiger partial charge in [0.15, 0.2) is 0 Å². The van der Waals surface area contributed by atoms with Crippen LogP contribution in [0.3, 0.4) is 0 Å². The minimum atomic E-state index is -0.704. The zero-order valence-electron chi connectivity index (χ0n) is 10.6. The summed E-state index contributed by atoms with van der Waals surface area (Å²) in [4.78, 5) is 0. The molecule has 1 N–H and O–H groups in total. The Morgan fingerprint density at radius 2 is 1.89 bits per heavy atom. The van der Waals surface area contributed by atoms with E-state index in [1.165, 1.54) is 12.1 Å². The van der Waals surface area contributed by atoms with E-state index >= 15 is 0 Å². The van der Waals surface area contributed by atoms with Gasteiger partial charge in [-0.3, -0.25) is 0 Å². The molecule has 0 heterocycles. The van der Waals surface area contributed by atoms with Crippen LogP contribution in [0.15, 0.2) is 55.1 Å². The Morgan fingerprint density at radius 1 is 1.21 bits per heavy atom. The molecule has 3 heteroatoms. The lowest BCUT2D eigenvalue weighted by atomic mass is 10.0. The third-order valence-electron chi connectivity index (χ3n) is 2.96. The van der Waals surface area contributed by atoms with Crippen molar-refractivity contribution in [2.45, 2.75) is 6.10 Å². The van der Waals surface area contributed by atoms with Crippen LogP contribution in [-0.2, 0) is 0 Å². The second-order valence-electron chi connectivity index (χ2n) is 4.15. The van der Waals surface area contributed by atoms with Crippen LogP contribution in [0.2, 0.25) is 0 Å². The molecule has 2 aromatic rings. The predicted molar refractivity (Wildman–Crippen MR) is 73.5 cm³/mol. The summed E-state index contributed by atoms with van der Waals surface area (Å²) >= 11 is 0. The lowest BCUT2D eigenvalue weighted by Crippen LogP contribution is -1.93. The number of benzene rings is 2. The fraction of sp³-hybridized carbons (Fsp3) is 0.125. The second kappa shape index (κ2) is 5.67. The molecule has 19 heavy (non-hydrogen) atoms. The Morgan fingerprint density at radius 3 is 2.47 bits per heavy atom. The van der Waals surface area contributed by atoms with Gasteiger partial charge in [0, 0.05) is 5.56 Å². The van der Waals surface area contributed by atoms with Gasteiger partial charge in [-0.2, -0.15) is 0 Å². The van der Waals surface area contributed by atoms with Gasteiger partial charge < -0.3 is 9.84 Å². The Balaban J connectivity index is 2.39. The molecule has 0 fully saturated rings. The highest BCUT2D eigenvalue weighted by molar-refractivity contribution is 5.66. The van der Waals surface area contributed by atoms with Crippen LogP contribution in [0.5, 0.6) is 5.75 Å². The van der Waals surface area contributed by atoms with Gasteiger partial charge in [0.2, 0.25) is 0 Å². The van der Waals surface area contributed by atoms with Crippen molar-refractivity contribution in [1.82, 2.24) is 0 Å². The summed E-state index contributed by atoms with van der Waals surface area (Å²) in [6.45, 7) is 3.53. The molecular weight excluding hydrogens is 243 g/mol. The standard InChI is InChI=1S/C16H15FO2/c1-3-16(18)12-6-4-11(5-7-12)14-10-13(19-2)8-9-15(14)17/h3-10,16,18H,1H2,2H3/t16-/m1/s1. The topological polar surface area (TPSA) is 29.5 Å². The van der Waals surface area contributed by atoms with E-state index in [2.05, 4.69) is 6.58 Å². The smallest absolute Gasteiger partial charge is 0.131 e. The van der Waals surface area contributed by atoms with E-state index in [0.717, 1.165) is 11.1 Å². The summed E-state index contributed by atoms with van der Waals surface area (Å²) in [5.41, 5.74) is 1.93. The summed E-state index contributed by atoms with van der Waals surface area (Å²) in [7, 11) is 1.54. The summed E-state index contributed by atoms with van der Waals surface area (Å²) in [6.07, 6.45) is 0.741. The molecule has 0 aliphatic carbocycles. The van der Waals surface area contributed by atoms with Gasteiger partial charge in [-0.15, -0.1) is 6.58 Å². The van der Waals surface area contributed by atoms with Crippen molar-refractivity contribution in [3.8, 4) is 16.9 Å². The quantitative estimate of drug-likeness (QED) is 0.847. The van der Waals surface area contributed by atoms with E-state index in [1.54, 1.807) is 43.5 Å². The van der Waals surface area contributed by atoms with E-state index < -0.39 is 6.10 Å². The maximum atomic E-state index is 13.8. The number of hydrogen-bond donors (Lipinski definition) is 1. The molecule has 0 spiro atoms. The van der Waals surface area contributed by atoms with Crippen molar-refractivity contribution in [2.75, 3.05) is 7.11 Å². The molecule has 0 aliphatic rings. The molecule has 2 rings (SSSR count). The lowest BCUT2D eigenvalue weighted by Gasteiger charge is -2.09. The average Bonchev–Trinajstić information content (AvgIpc) is 2.47. The minimum Gasteiger partial charge on any atom is -0.497 e. The average molecular weight is 258 g/mol. The number of ether oxygens (including phenoxy) is 1. The first-order valence-corrected chi connectivity index (χ1v) is 5.90. The van der Waals surface area contributed by atoms with Crippen molar-refractivity contribution in [2.24, 2.45) is 0 Å². The Labute approximate surface area is 111 Å². The van der Waals surface area contributed by atoms with Gasteiger partial charge in [0.1, 0.15) is 11.6 Å². The fourth-order valence-electron chi connectivity index (χ4n) is 1.85. The normalized spacial score (nSPS) is 11.9. The first-order valence-electron chi connectivity index (χ1n) is 5.90. The number of hydrogen-bond acceptors (Lipinski definition) is 2.